The lowest BCUT2D eigenvalue weighted by molar-refractivity contribution is 0.0961. The van der Waals surface area contributed by atoms with Crippen molar-refractivity contribution in [2.75, 3.05) is 11.9 Å². The lowest BCUT2D eigenvalue weighted by atomic mass is 10.1. The maximum Gasteiger partial charge on any atom is 0.282 e. The molecule has 3 heterocycles. The fourth-order valence-corrected chi connectivity index (χ4v) is 4.34. The van der Waals surface area contributed by atoms with Gasteiger partial charge in [-0.3, -0.25) is 9.59 Å². The topological polar surface area (TPSA) is 78.2 Å². The number of hydrogen-bond donors (Lipinski definition) is 1. The maximum atomic E-state index is 13.4. The third-order valence-corrected chi connectivity index (χ3v) is 6.05. The highest BCUT2D eigenvalue weighted by molar-refractivity contribution is 6.08. The van der Waals surface area contributed by atoms with E-state index in [1.165, 1.54) is 4.68 Å². The van der Waals surface area contributed by atoms with E-state index in [9.17, 15) is 9.59 Å². The summed E-state index contributed by atoms with van der Waals surface area (Å²) in [5, 5.41) is 7.58. The number of benzene rings is 2. The summed E-state index contributed by atoms with van der Waals surface area (Å²) < 4.78 is 9.02. The Hall–Kier alpha value is -3.71. The molecule has 0 spiro atoms. The second kappa shape index (κ2) is 9.03. The SMILES string of the molecule is CCc1ccccc1NC(=O)c1cn(C[C@@H]2CCCO2)cc2c(=O)n(-c3ccccc3)nc1-2. The van der Waals surface area contributed by atoms with E-state index in [-0.39, 0.29) is 17.6 Å². The van der Waals surface area contributed by atoms with Gasteiger partial charge in [-0.25, -0.2) is 0 Å². The summed E-state index contributed by atoms with van der Waals surface area (Å²) in [4.78, 5) is 26.7. The minimum atomic E-state index is -0.291. The molecule has 7 heteroatoms. The van der Waals surface area contributed by atoms with Crippen LogP contribution in [0.4, 0.5) is 5.69 Å². The maximum absolute atomic E-state index is 13.4. The van der Waals surface area contributed by atoms with Gasteiger partial charge in [-0.05, 0) is 43.0 Å². The second-order valence-corrected chi connectivity index (χ2v) is 8.28. The van der Waals surface area contributed by atoms with E-state index >= 15 is 0 Å². The van der Waals surface area contributed by atoms with Crippen LogP contribution >= 0.6 is 0 Å². The molecule has 1 saturated heterocycles. The molecule has 0 radical (unpaired) electrons. The minimum Gasteiger partial charge on any atom is -0.376 e. The van der Waals surface area contributed by atoms with E-state index < -0.39 is 0 Å². The Bertz CT molecular complexity index is 1300. The predicted molar refractivity (Wildman–Crippen MR) is 127 cm³/mol. The first kappa shape index (κ1) is 21.2. The number of rotatable bonds is 6. The van der Waals surface area contributed by atoms with Crippen LogP contribution in [0.2, 0.25) is 0 Å². The van der Waals surface area contributed by atoms with Gasteiger partial charge < -0.3 is 14.6 Å². The van der Waals surface area contributed by atoms with Crippen molar-refractivity contribution in [2.45, 2.75) is 38.8 Å². The Kier molecular flexibility index (Phi) is 5.79. The van der Waals surface area contributed by atoms with Crippen LogP contribution in [0, 0.1) is 0 Å². The van der Waals surface area contributed by atoms with Gasteiger partial charge in [-0.15, -0.1) is 0 Å². The largest absolute Gasteiger partial charge is 0.376 e. The number of aryl methyl sites for hydroxylation is 1. The van der Waals surface area contributed by atoms with Gasteiger partial charge in [0.05, 0.1) is 22.9 Å². The number of pyridine rings is 1. The van der Waals surface area contributed by atoms with Gasteiger partial charge in [0.15, 0.2) is 0 Å². The van der Waals surface area contributed by atoms with Gasteiger partial charge in [-0.1, -0.05) is 43.3 Å². The van der Waals surface area contributed by atoms with Gasteiger partial charge in [0.2, 0.25) is 0 Å². The number of nitrogens with zero attached hydrogens (tertiary/aromatic N) is 3. The highest BCUT2D eigenvalue weighted by Gasteiger charge is 2.26. The molecule has 2 aromatic rings. The molecular formula is C26H26N4O3. The van der Waals surface area contributed by atoms with E-state index in [1.54, 1.807) is 12.4 Å². The standard InChI is InChI=1S/C26H26N4O3/c1-2-18-9-6-7-13-23(18)27-25(31)21-16-29(15-20-12-8-14-33-20)17-22-24(21)28-30(26(22)32)19-10-4-3-5-11-19/h3-7,9-11,13,16-17,20H,2,8,12,14-15H2,1H3,(H,27,31)/t20-/m0/s1. The third kappa shape index (κ3) is 4.19. The molecule has 3 aliphatic heterocycles. The molecule has 1 fully saturated rings. The summed E-state index contributed by atoms with van der Waals surface area (Å²) >= 11 is 0. The summed E-state index contributed by atoms with van der Waals surface area (Å²) in [6.07, 6.45) is 6.41. The van der Waals surface area contributed by atoms with Gasteiger partial charge in [0, 0.05) is 31.2 Å². The number of anilines is 1. The van der Waals surface area contributed by atoms with Crippen molar-refractivity contribution >= 4 is 11.6 Å². The first-order valence-corrected chi connectivity index (χ1v) is 11.3. The van der Waals surface area contributed by atoms with Crippen molar-refractivity contribution in [1.29, 1.82) is 0 Å². The summed E-state index contributed by atoms with van der Waals surface area (Å²) in [6, 6.07) is 17.0. The van der Waals surface area contributed by atoms with Crippen LogP contribution < -0.4 is 10.9 Å². The summed E-state index contributed by atoms with van der Waals surface area (Å²) in [6.45, 7) is 3.37. The van der Waals surface area contributed by atoms with Crippen molar-refractivity contribution in [3.05, 3.63) is 88.5 Å². The van der Waals surface area contributed by atoms with Crippen LogP contribution in [-0.2, 0) is 17.7 Å². The molecule has 3 aliphatic rings. The van der Waals surface area contributed by atoms with Crippen LogP contribution in [0.3, 0.4) is 0 Å². The van der Waals surface area contributed by atoms with Crippen LogP contribution in [0.25, 0.3) is 16.9 Å². The number of para-hydroxylation sites is 2. The summed E-state index contributed by atoms with van der Waals surface area (Å²) in [5.41, 5.74) is 3.38. The fourth-order valence-electron chi connectivity index (χ4n) is 4.34. The Balaban J connectivity index is 1.60. The number of aromatic nitrogens is 3. The average molecular weight is 443 g/mol. The zero-order valence-electron chi connectivity index (χ0n) is 18.5. The molecule has 33 heavy (non-hydrogen) atoms. The van der Waals surface area contributed by atoms with Gasteiger partial charge in [-0.2, -0.15) is 9.78 Å². The van der Waals surface area contributed by atoms with Crippen LogP contribution in [0.5, 0.6) is 0 Å². The van der Waals surface area contributed by atoms with Crippen molar-refractivity contribution in [2.24, 2.45) is 0 Å². The molecule has 1 N–H and O–H groups in total. The molecule has 5 rings (SSSR count). The van der Waals surface area contributed by atoms with E-state index in [1.807, 2.05) is 66.1 Å². The third-order valence-electron chi connectivity index (χ3n) is 6.05. The van der Waals surface area contributed by atoms with Crippen molar-refractivity contribution in [3.8, 4) is 16.9 Å². The summed E-state index contributed by atoms with van der Waals surface area (Å²) in [7, 11) is 0. The number of carbonyl (C=O) groups excluding carboxylic acids is 1. The number of nitrogens with one attached hydrogen (secondary N) is 1. The molecule has 0 saturated carbocycles. The first-order chi connectivity index (χ1) is 16.1. The molecule has 168 valence electrons. The Morgan fingerprint density at radius 3 is 2.67 bits per heavy atom. The fraction of sp³-hybridized carbons (Fsp3) is 0.269. The van der Waals surface area contributed by atoms with Gasteiger partial charge in [0.25, 0.3) is 11.5 Å². The van der Waals surface area contributed by atoms with Crippen LogP contribution in [0.15, 0.2) is 71.8 Å². The Labute approximate surface area is 192 Å². The highest BCUT2D eigenvalue weighted by atomic mass is 16.5. The molecule has 0 bridgehead atoms. The number of ether oxygens (including phenoxy) is 1. The normalized spacial score (nSPS) is 15.7. The zero-order valence-corrected chi connectivity index (χ0v) is 18.5. The quantitative estimate of drug-likeness (QED) is 0.487. The second-order valence-electron chi connectivity index (χ2n) is 8.28. The molecule has 1 amide bonds. The smallest absolute Gasteiger partial charge is 0.282 e. The van der Waals surface area contributed by atoms with E-state index in [0.29, 0.717) is 29.1 Å². The Morgan fingerprint density at radius 2 is 1.91 bits per heavy atom. The molecule has 0 unspecified atom stereocenters. The highest BCUT2D eigenvalue weighted by Crippen LogP contribution is 2.25. The van der Waals surface area contributed by atoms with Crippen LogP contribution in [-0.4, -0.2) is 33.0 Å². The molecular weight excluding hydrogens is 416 g/mol. The van der Waals surface area contributed by atoms with Crippen molar-refractivity contribution in [1.82, 2.24) is 14.3 Å². The van der Waals surface area contributed by atoms with Crippen molar-refractivity contribution in [3.63, 3.8) is 0 Å². The molecule has 1 atom stereocenters. The van der Waals surface area contributed by atoms with E-state index in [4.69, 9.17) is 4.74 Å². The Morgan fingerprint density at radius 1 is 1.12 bits per heavy atom. The minimum absolute atomic E-state index is 0.0726. The van der Waals surface area contributed by atoms with Crippen molar-refractivity contribution < 1.29 is 9.53 Å². The molecule has 7 nitrogen and oxygen atoms in total. The number of fused-ring (bicyclic) bond motifs is 1. The van der Waals surface area contributed by atoms with Crippen LogP contribution in [0.1, 0.15) is 35.7 Å². The number of hydrogen-bond acceptors (Lipinski definition) is 4. The zero-order chi connectivity index (χ0) is 22.8. The monoisotopic (exact) mass is 442 g/mol. The summed E-state index contributed by atoms with van der Waals surface area (Å²) in [5.74, 6) is -0.291. The molecule has 0 aliphatic carbocycles. The van der Waals surface area contributed by atoms with Gasteiger partial charge in [0.1, 0.15) is 5.69 Å². The predicted octanol–water partition coefficient (Wildman–Crippen LogP) is 4.13. The molecule has 0 aromatic heterocycles. The average Bonchev–Trinajstić information content (AvgIpc) is 3.47. The van der Waals surface area contributed by atoms with Gasteiger partial charge >= 0.3 is 0 Å². The van der Waals surface area contributed by atoms with E-state index in [0.717, 1.165) is 37.1 Å². The molecule has 2 aromatic carbocycles. The van der Waals surface area contributed by atoms with E-state index in [2.05, 4.69) is 10.4 Å². The number of amides is 1. The first-order valence-electron chi connectivity index (χ1n) is 11.3. The lowest BCUT2D eigenvalue weighted by Crippen LogP contribution is -2.21. The number of carbonyl (C=O) groups is 1. The lowest BCUT2D eigenvalue weighted by Gasteiger charge is -2.16.